The van der Waals surface area contributed by atoms with Gasteiger partial charge in [0, 0.05) is 12.6 Å². The summed E-state index contributed by atoms with van der Waals surface area (Å²) in [7, 11) is 0. The number of aliphatic hydroxyl groups excluding tert-OH is 1. The summed E-state index contributed by atoms with van der Waals surface area (Å²) >= 11 is 0. The van der Waals surface area contributed by atoms with E-state index < -0.39 is 17.0 Å². The van der Waals surface area contributed by atoms with Crippen molar-refractivity contribution in [2.24, 2.45) is 15.6 Å². The standard InChI is InChI=1S/C25H22F2N6O/c1-24(2)15-6-8-25(24,20-7-9-28-23(29-20)19-10-13(12-34)30-32-19)22-14(15)11-18(31-33-22)21-16(26)4-3-5-17(21)27/h3-5,7,9,11,15,34H,6,8,10,12H2,1-2H3/t15-,25-/m0/s1. The van der Waals surface area contributed by atoms with Crippen molar-refractivity contribution in [3.8, 4) is 11.3 Å². The average molecular weight is 460 g/mol. The Labute approximate surface area is 194 Å². The Morgan fingerprint density at radius 3 is 2.62 bits per heavy atom. The second-order valence-corrected chi connectivity index (χ2v) is 9.66. The number of rotatable bonds is 4. The maximum atomic E-state index is 14.5. The van der Waals surface area contributed by atoms with Crippen LogP contribution in [-0.4, -0.2) is 43.3 Å². The van der Waals surface area contributed by atoms with Gasteiger partial charge in [0.25, 0.3) is 0 Å². The lowest BCUT2D eigenvalue weighted by Crippen LogP contribution is -2.38. The van der Waals surface area contributed by atoms with Crippen LogP contribution in [-0.2, 0) is 5.41 Å². The van der Waals surface area contributed by atoms with Crippen LogP contribution in [0.2, 0.25) is 0 Å². The fourth-order valence-corrected chi connectivity index (χ4v) is 6.10. The Morgan fingerprint density at radius 1 is 1.09 bits per heavy atom. The highest BCUT2D eigenvalue weighted by molar-refractivity contribution is 6.13. The van der Waals surface area contributed by atoms with Crippen molar-refractivity contribution in [3.63, 3.8) is 0 Å². The molecular formula is C25H22F2N6O. The second-order valence-electron chi connectivity index (χ2n) is 9.66. The fraction of sp³-hybridized carbons (Fsp3) is 0.360. The quantitative estimate of drug-likeness (QED) is 0.636. The lowest BCUT2D eigenvalue weighted by molar-refractivity contribution is 0.242. The summed E-state index contributed by atoms with van der Waals surface area (Å²) < 4.78 is 28.9. The molecule has 9 heteroatoms. The van der Waals surface area contributed by atoms with Gasteiger partial charge in [-0.1, -0.05) is 19.9 Å². The molecule has 0 amide bonds. The first-order valence-corrected chi connectivity index (χ1v) is 11.3. The van der Waals surface area contributed by atoms with Crippen molar-refractivity contribution in [2.45, 2.75) is 44.4 Å². The minimum atomic E-state index is -0.659. The van der Waals surface area contributed by atoms with E-state index in [2.05, 4.69) is 39.2 Å². The van der Waals surface area contributed by atoms with E-state index in [1.165, 1.54) is 18.2 Å². The molecule has 0 saturated heterocycles. The van der Waals surface area contributed by atoms with Crippen LogP contribution >= 0.6 is 0 Å². The molecule has 1 fully saturated rings. The van der Waals surface area contributed by atoms with Gasteiger partial charge in [0.05, 0.1) is 40.4 Å². The highest BCUT2D eigenvalue weighted by atomic mass is 19.1. The van der Waals surface area contributed by atoms with Gasteiger partial charge in [-0.05, 0) is 54.0 Å². The summed E-state index contributed by atoms with van der Waals surface area (Å²) in [5, 5.41) is 26.3. The predicted molar refractivity (Wildman–Crippen MR) is 122 cm³/mol. The maximum absolute atomic E-state index is 14.5. The van der Waals surface area contributed by atoms with Gasteiger partial charge in [0.1, 0.15) is 17.3 Å². The average Bonchev–Trinajstić information content (AvgIpc) is 3.47. The first-order chi connectivity index (χ1) is 16.4. The Hall–Kier alpha value is -3.46. The van der Waals surface area contributed by atoms with Crippen LogP contribution in [0.1, 0.15) is 61.8 Å². The normalized spacial score (nSPS) is 24.2. The van der Waals surface area contributed by atoms with Crippen LogP contribution in [0.15, 0.2) is 46.7 Å². The second kappa shape index (κ2) is 7.27. The van der Waals surface area contributed by atoms with E-state index in [-0.39, 0.29) is 29.2 Å². The summed E-state index contributed by atoms with van der Waals surface area (Å²) in [4.78, 5) is 9.30. The number of fused-ring (bicyclic) bond motifs is 5. The molecule has 1 saturated carbocycles. The van der Waals surface area contributed by atoms with Crippen LogP contribution in [0.3, 0.4) is 0 Å². The third-order valence-electron chi connectivity index (χ3n) is 7.82. The molecule has 3 heterocycles. The van der Waals surface area contributed by atoms with Crippen LogP contribution < -0.4 is 0 Å². The van der Waals surface area contributed by atoms with Gasteiger partial charge >= 0.3 is 0 Å². The molecule has 2 atom stereocenters. The van der Waals surface area contributed by atoms with Crippen LogP contribution in [0.25, 0.3) is 11.3 Å². The number of benzene rings is 1. The van der Waals surface area contributed by atoms with Crippen molar-refractivity contribution in [3.05, 3.63) is 70.9 Å². The van der Waals surface area contributed by atoms with Gasteiger partial charge in [0.15, 0.2) is 5.82 Å². The number of halogens is 2. The van der Waals surface area contributed by atoms with E-state index in [9.17, 15) is 13.9 Å². The minimum Gasteiger partial charge on any atom is -0.390 e. The summed E-state index contributed by atoms with van der Waals surface area (Å²) in [5.41, 5.74) is 3.07. The lowest BCUT2D eigenvalue weighted by Gasteiger charge is -2.37. The molecule has 2 aromatic heterocycles. The molecule has 2 bridgehead atoms. The smallest absolute Gasteiger partial charge is 0.176 e. The van der Waals surface area contributed by atoms with E-state index in [0.29, 0.717) is 23.7 Å². The third kappa shape index (κ3) is 2.70. The molecule has 0 radical (unpaired) electrons. The summed E-state index contributed by atoms with van der Waals surface area (Å²) in [6.45, 7) is 4.23. The maximum Gasteiger partial charge on any atom is 0.176 e. The van der Waals surface area contributed by atoms with Crippen molar-refractivity contribution < 1.29 is 13.9 Å². The van der Waals surface area contributed by atoms with Crippen molar-refractivity contribution in [2.75, 3.05) is 6.61 Å². The Kier molecular flexibility index (Phi) is 4.51. The number of hydrogen-bond donors (Lipinski definition) is 1. The summed E-state index contributed by atoms with van der Waals surface area (Å²) in [6, 6.07) is 7.49. The number of aliphatic hydroxyl groups is 1. The highest BCUT2D eigenvalue weighted by Crippen LogP contribution is 2.69. The van der Waals surface area contributed by atoms with E-state index in [0.717, 1.165) is 29.8 Å². The monoisotopic (exact) mass is 460 g/mol. The molecule has 1 aliphatic heterocycles. The zero-order valence-electron chi connectivity index (χ0n) is 18.8. The lowest BCUT2D eigenvalue weighted by atomic mass is 9.66. The molecule has 1 aromatic carbocycles. The Morgan fingerprint density at radius 2 is 1.88 bits per heavy atom. The zero-order chi connectivity index (χ0) is 23.7. The molecule has 2 aliphatic carbocycles. The molecule has 3 aliphatic rings. The van der Waals surface area contributed by atoms with E-state index in [4.69, 9.17) is 4.98 Å². The van der Waals surface area contributed by atoms with Crippen LogP contribution in [0.5, 0.6) is 0 Å². The molecule has 6 rings (SSSR count). The Bertz CT molecular complexity index is 1380. The largest absolute Gasteiger partial charge is 0.390 e. The van der Waals surface area contributed by atoms with Gasteiger partial charge < -0.3 is 5.11 Å². The molecular weight excluding hydrogens is 438 g/mol. The third-order valence-corrected chi connectivity index (χ3v) is 7.82. The molecule has 1 N–H and O–H groups in total. The van der Waals surface area contributed by atoms with Crippen molar-refractivity contribution in [1.82, 2.24) is 20.2 Å². The Balaban J connectivity index is 1.47. The van der Waals surface area contributed by atoms with Crippen molar-refractivity contribution >= 4 is 11.4 Å². The molecule has 7 nitrogen and oxygen atoms in total. The van der Waals surface area contributed by atoms with Crippen LogP contribution in [0, 0.1) is 17.0 Å². The molecule has 172 valence electrons. The van der Waals surface area contributed by atoms with Gasteiger partial charge in [0.2, 0.25) is 0 Å². The first kappa shape index (κ1) is 21.1. The van der Waals surface area contributed by atoms with Crippen molar-refractivity contribution in [1.29, 1.82) is 0 Å². The van der Waals surface area contributed by atoms with Crippen LogP contribution in [0.4, 0.5) is 8.78 Å². The van der Waals surface area contributed by atoms with Gasteiger partial charge in [-0.3, -0.25) is 0 Å². The SMILES string of the molecule is CC1(C)[C@H]2CC[C@]1(c1ccnc(C3=NN=C(CO)C3)n1)c1nnc(-c3c(F)cccc3F)cc12. The van der Waals surface area contributed by atoms with Gasteiger partial charge in [-0.25, -0.2) is 18.7 Å². The minimum absolute atomic E-state index is 0.151. The molecule has 0 spiro atoms. The number of hydrogen-bond acceptors (Lipinski definition) is 7. The first-order valence-electron chi connectivity index (χ1n) is 11.3. The van der Waals surface area contributed by atoms with E-state index in [1.807, 2.05) is 6.07 Å². The number of aromatic nitrogens is 4. The van der Waals surface area contributed by atoms with Gasteiger partial charge in [-0.2, -0.15) is 15.3 Å². The van der Waals surface area contributed by atoms with E-state index in [1.54, 1.807) is 12.3 Å². The van der Waals surface area contributed by atoms with E-state index >= 15 is 0 Å². The molecule has 34 heavy (non-hydrogen) atoms. The number of nitrogens with zero attached hydrogens (tertiary/aromatic N) is 6. The molecule has 0 unspecified atom stereocenters. The summed E-state index contributed by atoms with van der Waals surface area (Å²) in [6.07, 6.45) is 3.86. The highest BCUT2D eigenvalue weighted by Gasteiger charge is 2.65. The summed E-state index contributed by atoms with van der Waals surface area (Å²) in [5.74, 6) is -0.690. The molecule has 3 aromatic rings. The predicted octanol–water partition coefficient (Wildman–Crippen LogP) is 3.96. The fourth-order valence-electron chi connectivity index (χ4n) is 6.10. The topological polar surface area (TPSA) is 96.5 Å². The zero-order valence-corrected chi connectivity index (χ0v) is 18.8. The van der Waals surface area contributed by atoms with Gasteiger partial charge in [-0.15, -0.1) is 5.10 Å².